The second-order valence-electron chi connectivity index (χ2n) is 5.82. The highest BCUT2D eigenvalue weighted by Crippen LogP contribution is 2.28. The molecule has 0 aliphatic carbocycles. The Morgan fingerprint density at radius 3 is 2.93 bits per heavy atom. The summed E-state index contributed by atoms with van der Waals surface area (Å²) in [5.41, 5.74) is 3.94. The fraction of sp³-hybridized carbons (Fsp3) is 0. The number of rotatable bonds is 5. The van der Waals surface area contributed by atoms with Gasteiger partial charge in [0.1, 0.15) is 11.6 Å². The van der Waals surface area contributed by atoms with Gasteiger partial charge in [-0.05, 0) is 54.2 Å². The highest BCUT2D eigenvalue weighted by atomic mass is 32.2. The SMILES string of the molecule is N#Cc1ccc(C(=O)N/N=C/c2ccc(Sc3nc4ccccc4[nH]3)o2)c(F)c1. The number of nitriles is 1. The van der Waals surface area contributed by atoms with Crippen molar-refractivity contribution in [1.82, 2.24) is 15.4 Å². The van der Waals surface area contributed by atoms with E-state index in [0.29, 0.717) is 16.0 Å². The predicted molar refractivity (Wildman–Crippen MR) is 105 cm³/mol. The lowest BCUT2D eigenvalue weighted by molar-refractivity contribution is 0.0951. The molecule has 2 heterocycles. The Hall–Kier alpha value is -3.90. The first-order valence-electron chi connectivity index (χ1n) is 8.38. The number of benzene rings is 2. The number of hydrogen-bond acceptors (Lipinski definition) is 6. The third-order valence-corrected chi connectivity index (χ3v) is 4.68. The molecule has 0 saturated heterocycles. The van der Waals surface area contributed by atoms with Crippen LogP contribution in [0.25, 0.3) is 11.0 Å². The highest BCUT2D eigenvalue weighted by Gasteiger charge is 2.12. The van der Waals surface area contributed by atoms with Crippen LogP contribution in [0.1, 0.15) is 21.7 Å². The fourth-order valence-electron chi connectivity index (χ4n) is 2.52. The van der Waals surface area contributed by atoms with Gasteiger partial charge in [0.05, 0.1) is 34.4 Å². The zero-order valence-electron chi connectivity index (χ0n) is 14.7. The van der Waals surface area contributed by atoms with E-state index in [2.05, 4.69) is 20.5 Å². The van der Waals surface area contributed by atoms with Crippen molar-refractivity contribution in [1.29, 1.82) is 5.26 Å². The smallest absolute Gasteiger partial charge is 0.274 e. The number of halogens is 1. The summed E-state index contributed by atoms with van der Waals surface area (Å²) in [4.78, 5) is 19.6. The van der Waals surface area contributed by atoms with Crippen molar-refractivity contribution >= 4 is 34.9 Å². The third-order valence-electron chi connectivity index (χ3n) is 3.87. The van der Waals surface area contributed by atoms with Crippen molar-refractivity contribution in [3.63, 3.8) is 0 Å². The third kappa shape index (κ3) is 4.17. The second kappa shape index (κ2) is 8.00. The molecule has 2 N–H and O–H groups in total. The van der Waals surface area contributed by atoms with E-state index in [1.807, 2.05) is 24.3 Å². The minimum absolute atomic E-state index is 0.132. The van der Waals surface area contributed by atoms with Gasteiger partial charge >= 0.3 is 0 Å². The lowest BCUT2D eigenvalue weighted by atomic mass is 10.1. The minimum atomic E-state index is -0.792. The monoisotopic (exact) mass is 405 g/mol. The molecule has 0 atom stereocenters. The van der Waals surface area contributed by atoms with Gasteiger partial charge in [-0.25, -0.2) is 14.8 Å². The van der Waals surface area contributed by atoms with Gasteiger partial charge < -0.3 is 9.40 Å². The number of carbonyl (C=O) groups excluding carboxylic acids is 1. The van der Waals surface area contributed by atoms with Crippen LogP contribution in [-0.2, 0) is 0 Å². The number of aromatic nitrogens is 2. The summed E-state index contributed by atoms with van der Waals surface area (Å²) in [6.07, 6.45) is 1.31. The standard InChI is InChI=1S/C20H12FN5O2S/c21-15-9-12(10-22)5-7-14(15)19(27)26-23-11-13-6-8-18(28-13)29-20-24-16-3-1-2-4-17(16)25-20/h1-9,11H,(H,24,25)(H,26,27)/b23-11+. The number of hydrogen-bond donors (Lipinski definition) is 2. The van der Waals surface area contributed by atoms with Crippen molar-refractivity contribution < 1.29 is 13.6 Å². The molecule has 0 unspecified atom stereocenters. The normalized spacial score (nSPS) is 11.0. The Balaban J connectivity index is 1.39. The second-order valence-corrected chi connectivity index (χ2v) is 6.82. The molecule has 0 aliphatic heterocycles. The predicted octanol–water partition coefficient (Wildman–Crippen LogP) is 4.08. The van der Waals surface area contributed by atoms with Crippen LogP contribution in [0, 0.1) is 17.1 Å². The van der Waals surface area contributed by atoms with Crippen LogP contribution >= 0.6 is 11.8 Å². The molecule has 4 aromatic rings. The maximum Gasteiger partial charge on any atom is 0.274 e. The van der Waals surface area contributed by atoms with E-state index in [-0.39, 0.29) is 11.1 Å². The molecular formula is C20H12FN5O2S. The van der Waals surface area contributed by atoms with E-state index >= 15 is 0 Å². The van der Waals surface area contributed by atoms with E-state index in [1.54, 1.807) is 18.2 Å². The van der Waals surface area contributed by atoms with Crippen LogP contribution in [0.15, 0.2) is 74.4 Å². The van der Waals surface area contributed by atoms with Crippen molar-refractivity contribution in [3.8, 4) is 6.07 Å². The largest absolute Gasteiger partial charge is 0.448 e. The van der Waals surface area contributed by atoms with E-state index in [0.717, 1.165) is 17.1 Å². The number of furan rings is 1. The van der Waals surface area contributed by atoms with E-state index in [9.17, 15) is 9.18 Å². The van der Waals surface area contributed by atoms with E-state index in [4.69, 9.17) is 9.68 Å². The van der Waals surface area contributed by atoms with Gasteiger partial charge in [0, 0.05) is 0 Å². The average Bonchev–Trinajstić information content (AvgIpc) is 3.34. The van der Waals surface area contributed by atoms with Gasteiger partial charge in [-0.3, -0.25) is 4.79 Å². The molecule has 29 heavy (non-hydrogen) atoms. The summed E-state index contributed by atoms with van der Waals surface area (Å²) in [7, 11) is 0. The number of hydrazone groups is 1. The van der Waals surface area contributed by atoms with Crippen LogP contribution in [0.5, 0.6) is 0 Å². The van der Waals surface area contributed by atoms with E-state index in [1.165, 1.54) is 30.1 Å². The highest BCUT2D eigenvalue weighted by molar-refractivity contribution is 7.99. The zero-order valence-corrected chi connectivity index (χ0v) is 15.5. The van der Waals surface area contributed by atoms with Crippen molar-refractivity contribution in [2.75, 3.05) is 0 Å². The number of amides is 1. The number of imidazole rings is 1. The Bertz CT molecular complexity index is 1240. The maximum absolute atomic E-state index is 13.8. The van der Waals surface area contributed by atoms with Gasteiger partial charge in [-0.2, -0.15) is 10.4 Å². The summed E-state index contributed by atoms with van der Waals surface area (Å²) < 4.78 is 19.4. The van der Waals surface area contributed by atoms with Crippen LogP contribution in [0.2, 0.25) is 0 Å². The Kier molecular flexibility index (Phi) is 5.09. The first-order valence-corrected chi connectivity index (χ1v) is 9.19. The number of nitrogens with zero attached hydrogens (tertiary/aromatic N) is 3. The molecule has 2 aromatic heterocycles. The first-order chi connectivity index (χ1) is 14.1. The Morgan fingerprint density at radius 2 is 2.14 bits per heavy atom. The molecule has 0 aliphatic rings. The number of aromatic amines is 1. The van der Waals surface area contributed by atoms with Gasteiger partial charge in [0.15, 0.2) is 10.2 Å². The number of carbonyl (C=O) groups is 1. The molecule has 142 valence electrons. The van der Waals surface area contributed by atoms with Gasteiger partial charge in [-0.1, -0.05) is 12.1 Å². The minimum Gasteiger partial charge on any atom is -0.448 e. The number of para-hydroxylation sites is 2. The summed E-state index contributed by atoms with van der Waals surface area (Å²) >= 11 is 1.32. The molecule has 0 saturated carbocycles. The van der Waals surface area contributed by atoms with Gasteiger partial charge in [0.25, 0.3) is 5.91 Å². The number of fused-ring (bicyclic) bond motifs is 1. The number of nitrogens with one attached hydrogen (secondary N) is 2. The summed E-state index contributed by atoms with van der Waals surface area (Å²) in [5.74, 6) is -1.12. The van der Waals surface area contributed by atoms with Crippen LogP contribution in [0.3, 0.4) is 0 Å². The number of H-pyrrole nitrogens is 1. The Labute approximate surface area is 168 Å². The molecule has 9 heteroatoms. The average molecular weight is 405 g/mol. The quantitative estimate of drug-likeness (QED) is 0.384. The molecule has 2 aromatic carbocycles. The summed E-state index contributed by atoms with van der Waals surface area (Å²) in [5, 5.41) is 13.8. The molecule has 7 nitrogen and oxygen atoms in total. The first kappa shape index (κ1) is 18.5. The van der Waals surface area contributed by atoms with Crippen molar-refractivity contribution in [2.24, 2.45) is 5.10 Å². The molecule has 0 bridgehead atoms. The van der Waals surface area contributed by atoms with Crippen molar-refractivity contribution in [3.05, 3.63) is 77.3 Å². The van der Waals surface area contributed by atoms with Crippen LogP contribution in [-0.4, -0.2) is 22.1 Å². The maximum atomic E-state index is 13.8. The topological polar surface area (TPSA) is 107 Å². The zero-order chi connectivity index (χ0) is 20.2. The fourth-order valence-corrected chi connectivity index (χ4v) is 3.28. The Morgan fingerprint density at radius 1 is 1.28 bits per heavy atom. The van der Waals surface area contributed by atoms with E-state index < -0.39 is 11.7 Å². The van der Waals surface area contributed by atoms with Crippen molar-refractivity contribution in [2.45, 2.75) is 10.2 Å². The molecule has 1 amide bonds. The molecule has 0 fully saturated rings. The van der Waals surface area contributed by atoms with Gasteiger partial charge in [-0.15, -0.1) is 0 Å². The molecule has 0 spiro atoms. The summed E-state index contributed by atoms with van der Waals surface area (Å²) in [6, 6.07) is 16.5. The van der Waals surface area contributed by atoms with Gasteiger partial charge in [0.2, 0.25) is 0 Å². The van der Waals surface area contributed by atoms with Crippen LogP contribution in [0.4, 0.5) is 4.39 Å². The molecule has 4 rings (SSSR count). The van der Waals surface area contributed by atoms with Crippen LogP contribution < -0.4 is 5.43 Å². The summed E-state index contributed by atoms with van der Waals surface area (Å²) in [6.45, 7) is 0. The lowest BCUT2D eigenvalue weighted by Gasteiger charge is -2.01. The molecule has 0 radical (unpaired) electrons. The lowest BCUT2D eigenvalue weighted by Crippen LogP contribution is -2.19. The molecular weight excluding hydrogens is 393 g/mol.